The first kappa shape index (κ1) is 10.6. The third-order valence-corrected chi connectivity index (χ3v) is 3.13. The molecule has 1 aromatic heterocycles. The van der Waals surface area contributed by atoms with Crippen LogP contribution >= 0.6 is 22.9 Å². The van der Waals surface area contributed by atoms with Crippen molar-refractivity contribution < 1.29 is 4.39 Å². The quantitative estimate of drug-likeness (QED) is 0.779. The Bertz CT molecular complexity index is 461. The van der Waals surface area contributed by atoms with Crippen LogP contribution in [-0.2, 0) is 6.42 Å². The van der Waals surface area contributed by atoms with Crippen molar-refractivity contribution in [3.8, 4) is 0 Å². The second kappa shape index (κ2) is 4.29. The lowest BCUT2D eigenvalue weighted by atomic mass is 10.1. The molecule has 0 aliphatic rings. The molecule has 0 N–H and O–H groups in total. The molecule has 0 fully saturated rings. The molecule has 0 aliphatic carbocycles. The summed E-state index contributed by atoms with van der Waals surface area (Å²) in [5, 5.41) is 3.39. The van der Waals surface area contributed by atoms with Gasteiger partial charge in [0.2, 0.25) is 0 Å². The van der Waals surface area contributed by atoms with Gasteiger partial charge in [0.25, 0.3) is 0 Å². The van der Waals surface area contributed by atoms with Gasteiger partial charge in [-0.25, -0.2) is 9.37 Å². The first-order valence-electron chi connectivity index (χ1n) is 4.49. The maximum Gasteiger partial charge on any atom is 0.124 e. The second-order valence-corrected chi connectivity index (χ2v) is 4.72. The molecule has 0 atom stereocenters. The first-order valence-corrected chi connectivity index (χ1v) is 5.75. The van der Waals surface area contributed by atoms with Crippen LogP contribution in [-0.4, -0.2) is 4.98 Å². The fourth-order valence-corrected chi connectivity index (χ4v) is 2.42. The summed E-state index contributed by atoms with van der Waals surface area (Å²) in [5.74, 6) is -0.300. The van der Waals surface area contributed by atoms with Gasteiger partial charge in [0.1, 0.15) is 5.82 Å². The Hall–Kier alpha value is -0.930. The minimum atomic E-state index is -0.300. The van der Waals surface area contributed by atoms with Crippen molar-refractivity contribution in [3.63, 3.8) is 0 Å². The van der Waals surface area contributed by atoms with Gasteiger partial charge in [-0.3, -0.25) is 0 Å². The van der Waals surface area contributed by atoms with E-state index in [0.717, 1.165) is 16.3 Å². The number of rotatable bonds is 2. The Balaban J connectivity index is 2.24. The highest BCUT2D eigenvalue weighted by Crippen LogP contribution is 2.19. The molecular weight excluding hydrogens is 233 g/mol. The summed E-state index contributed by atoms with van der Waals surface area (Å²) < 4.78 is 13.0. The van der Waals surface area contributed by atoms with Crippen LogP contribution in [0.25, 0.3) is 0 Å². The first-order chi connectivity index (χ1) is 7.13. The van der Waals surface area contributed by atoms with Gasteiger partial charge in [-0.05, 0) is 30.7 Å². The lowest BCUT2D eigenvalue weighted by Crippen LogP contribution is -1.89. The Kier molecular flexibility index (Phi) is 3.03. The SMILES string of the molecule is Cc1csc(Cc2cc(F)cc(Cl)c2)n1. The van der Waals surface area contributed by atoms with Gasteiger partial charge in [-0.15, -0.1) is 11.3 Å². The predicted octanol–water partition coefficient (Wildman–Crippen LogP) is 3.83. The highest BCUT2D eigenvalue weighted by Gasteiger charge is 2.03. The summed E-state index contributed by atoms with van der Waals surface area (Å²) in [7, 11) is 0. The summed E-state index contributed by atoms with van der Waals surface area (Å²) in [6.07, 6.45) is 0.635. The number of halogens is 2. The lowest BCUT2D eigenvalue weighted by molar-refractivity contribution is 0.626. The Morgan fingerprint density at radius 2 is 2.20 bits per heavy atom. The molecule has 1 heterocycles. The summed E-state index contributed by atoms with van der Waals surface area (Å²) >= 11 is 7.34. The predicted molar refractivity (Wildman–Crippen MR) is 61.1 cm³/mol. The van der Waals surface area contributed by atoms with E-state index >= 15 is 0 Å². The summed E-state index contributed by atoms with van der Waals surface area (Å²) in [6.45, 7) is 1.94. The lowest BCUT2D eigenvalue weighted by Gasteiger charge is -1.99. The fraction of sp³-hybridized carbons (Fsp3) is 0.182. The van der Waals surface area contributed by atoms with Gasteiger partial charge in [-0.2, -0.15) is 0 Å². The largest absolute Gasteiger partial charge is 0.246 e. The smallest absolute Gasteiger partial charge is 0.124 e. The molecule has 0 radical (unpaired) electrons. The zero-order valence-electron chi connectivity index (χ0n) is 8.13. The van der Waals surface area contributed by atoms with Crippen LogP contribution < -0.4 is 0 Å². The standard InChI is InChI=1S/C11H9ClFNS/c1-7-6-15-11(14-7)4-8-2-9(12)5-10(13)3-8/h2-3,5-6H,4H2,1H3. The number of hydrogen-bond acceptors (Lipinski definition) is 2. The third-order valence-electron chi connectivity index (χ3n) is 1.94. The molecule has 0 bridgehead atoms. The van der Waals surface area contributed by atoms with Crippen molar-refractivity contribution in [2.45, 2.75) is 13.3 Å². The van der Waals surface area contributed by atoms with Crippen LogP contribution in [0.5, 0.6) is 0 Å². The maximum absolute atomic E-state index is 13.0. The number of aromatic nitrogens is 1. The minimum Gasteiger partial charge on any atom is -0.246 e. The summed E-state index contributed by atoms with van der Waals surface area (Å²) in [4.78, 5) is 4.32. The van der Waals surface area contributed by atoms with Crippen LogP contribution in [0.4, 0.5) is 4.39 Å². The highest BCUT2D eigenvalue weighted by molar-refractivity contribution is 7.09. The van der Waals surface area contributed by atoms with Crippen LogP contribution in [0.3, 0.4) is 0 Å². The number of nitrogens with zero attached hydrogens (tertiary/aromatic N) is 1. The number of aryl methyl sites for hydroxylation is 1. The van der Waals surface area contributed by atoms with E-state index in [1.165, 1.54) is 12.1 Å². The monoisotopic (exact) mass is 241 g/mol. The summed E-state index contributed by atoms with van der Waals surface area (Å²) in [6, 6.07) is 4.56. The molecule has 0 unspecified atom stereocenters. The highest BCUT2D eigenvalue weighted by atomic mass is 35.5. The molecule has 1 aromatic carbocycles. The van der Waals surface area contributed by atoms with Crippen molar-refractivity contribution in [2.75, 3.05) is 0 Å². The molecule has 0 spiro atoms. The normalized spacial score (nSPS) is 10.6. The van der Waals surface area contributed by atoms with E-state index in [1.54, 1.807) is 17.4 Å². The van der Waals surface area contributed by atoms with Gasteiger partial charge in [-0.1, -0.05) is 11.6 Å². The van der Waals surface area contributed by atoms with Gasteiger partial charge >= 0.3 is 0 Å². The van der Waals surface area contributed by atoms with E-state index in [9.17, 15) is 4.39 Å². The number of thiazole rings is 1. The van der Waals surface area contributed by atoms with Crippen molar-refractivity contribution in [1.82, 2.24) is 4.98 Å². The second-order valence-electron chi connectivity index (χ2n) is 3.34. The molecule has 0 saturated heterocycles. The molecular formula is C11H9ClFNS. The third kappa shape index (κ3) is 2.76. The zero-order chi connectivity index (χ0) is 10.8. The van der Waals surface area contributed by atoms with Crippen LogP contribution in [0.2, 0.25) is 5.02 Å². The van der Waals surface area contributed by atoms with Gasteiger partial charge in [0.05, 0.1) is 5.01 Å². The molecule has 15 heavy (non-hydrogen) atoms. The molecule has 78 valence electrons. The Morgan fingerprint density at radius 3 is 2.80 bits per heavy atom. The van der Waals surface area contributed by atoms with Crippen LogP contribution in [0.15, 0.2) is 23.6 Å². The average molecular weight is 242 g/mol. The van der Waals surface area contributed by atoms with E-state index in [0.29, 0.717) is 11.4 Å². The number of hydrogen-bond donors (Lipinski definition) is 0. The molecule has 0 aliphatic heterocycles. The topological polar surface area (TPSA) is 12.9 Å². The maximum atomic E-state index is 13.0. The van der Waals surface area contributed by atoms with E-state index in [1.807, 2.05) is 12.3 Å². The molecule has 0 saturated carbocycles. The summed E-state index contributed by atoms with van der Waals surface area (Å²) in [5.41, 5.74) is 1.85. The number of benzene rings is 1. The molecule has 0 amide bonds. The molecule has 2 rings (SSSR count). The van der Waals surface area contributed by atoms with E-state index in [4.69, 9.17) is 11.6 Å². The van der Waals surface area contributed by atoms with E-state index < -0.39 is 0 Å². The van der Waals surface area contributed by atoms with Crippen molar-refractivity contribution in [3.05, 3.63) is 50.7 Å². The van der Waals surface area contributed by atoms with Crippen molar-refractivity contribution in [2.24, 2.45) is 0 Å². The zero-order valence-corrected chi connectivity index (χ0v) is 9.70. The minimum absolute atomic E-state index is 0.300. The fourth-order valence-electron chi connectivity index (χ4n) is 1.37. The van der Waals surface area contributed by atoms with E-state index in [2.05, 4.69) is 4.98 Å². The van der Waals surface area contributed by atoms with Crippen molar-refractivity contribution in [1.29, 1.82) is 0 Å². The van der Waals surface area contributed by atoms with Gasteiger partial charge in [0, 0.05) is 22.5 Å². The molecule has 4 heteroatoms. The van der Waals surface area contributed by atoms with Crippen LogP contribution in [0, 0.1) is 12.7 Å². The molecule has 2 aromatic rings. The van der Waals surface area contributed by atoms with E-state index in [-0.39, 0.29) is 5.82 Å². The average Bonchev–Trinajstić information content (AvgIpc) is 2.49. The van der Waals surface area contributed by atoms with Gasteiger partial charge < -0.3 is 0 Å². The molecule has 1 nitrogen and oxygen atoms in total. The Labute approximate surface area is 96.5 Å². The van der Waals surface area contributed by atoms with Gasteiger partial charge in [0.15, 0.2) is 0 Å². The van der Waals surface area contributed by atoms with Crippen LogP contribution in [0.1, 0.15) is 16.3 Å². The van der Waals surface area contributed by atoms with Crippen molar-refractivity contribution >= 4 is 22.9 Å². The Morgan fingerprint density at radius 1 is 1.40 bits per heavy atom.